The van der Waals surface area contributed by atoms with Crippen molar-refractivity contribution in [3.63, 3.8) is 0 Å². The molecule has 2 aromatic carbocycles. The fourth-order valence-electron chi connectivity index (χ4n) is 2.55. The topological polar surface area (TPSA) is 47.6 Å². The van der Waals surface area contributed by atoms with E-state index in [0.717, 1.165) is 28.1 Å². The van der Waals surface area contributed by atoms with Gasteiger partial charge in [0.25, 0.3) is 5.91 Å². The number of hydrogen-bond acceptors (Lipinski definition) is 3. The number of nitrogens with one attached hydrogen (secondary N) is 1. The summed E-state index contributed by atoms with van der Waals surface area (Å²) < 4.78 is 10.6. The normalized spacial score (nSPS) is 14.7. The van der Waals surface area contributed by atoms with Crippen molar-refractivity contribution < 1.29 is 14.3 Å². The summed E-state index contributed by atoms with van der Waals surface area (Å²) in [5.41, 5.74) is 4.30. The maximum absolute atomic E-state index is 12.2. The van der Waals surface area contributed by atoms with Gasteiger partial charge in [-0.15, -0.1) is 0 Å². The lowest BCUT2D eigenvalue weighted by Crippen LogP contribution is -2.03. The average Bonchev–Trinajstić information content (AvgIpc) is 2.83. The number of hydrogen-bond donors (Lipinski definition) is 1. The minimum absolute atomic E-state index is 0.106. The molecule has 0 saturated heterocycles. The molecule has 0 aromatic heterocycles. The van der Waals surface area contributed by atoms with E-state index in [2.05, 4.69) is 5.32 Å². The van der Waals surface area contributed by atoms with Crippen LogP contribution in [0.1, 0.15) is 16.7 Å². The van der Waals surface area contributed by atoms with Crippen molar-refractivity contribution in [2.24, 2.45) is 0 Å². The van der Waals surface area contributed by atoms with Crippen LogP contribution in [0.25, 0.3) is 11.6 Å². The van der Waals surface area contributed by atoms with Crippen molar-refractivity contribution >= 4 is 23.2 Å². The van der Waals surface area contributed by atoms with E-state index in [4.69, 9.17) is 9.47 Å². The van der Waals surface area contributed by atoms with E-state index < -0.39 is 0 Å². The summed E-state index contributed by atoms with van der Waals surface area (Å²) >= 11 is 0. The van der Waals surface area contributed by atoms with Gasteiger partial charge in [-0.2, -0.15) is 0 Å². The third-order valence-electron chi connectivity index (χ3n) is 3.69. The van der Waals surface area contributed by atoms with Crippen molar-refractivity contribution in [1.29, 1.82) is 0 Å². The van der Waals surface area contributed by atoms with Gasteiger partial charge in [0.05, 0.1) is 14.2 Å². The molecule has 0 saturated carbocycles. The number of amides is 1. The predicted octanol–water partition coefficient (Wildman–Crippen LogP) is 3.50. The van der Waals surface area contributed by atoms with Crippen LogP contribution in [0.5, 0.6) is 11.5 Å². The molecule has 0 atom stereocenters. The number of benzene rings is 2. The van der Waals surface area contributed by atoms with Gasteiger partial charge in [-0.25, -0.2) is 0 Å². The zero-order valence-corrected chi connectivity index (χ0v) is 12.8. The fourth-order valence-corrected chi connectivity index (χ4v) is 2.55. The lowest BCUT2D eigenvalue weighted by molar-refractivity contribution is -0.110. The van der Waals surface area contributed by atoms with Crippen LogP contribution in [0, 0.1) is 6.92 Å². The van der Waals surface area contributed by atoms with Crippen LogP contribution < -0.4 is 14.8 Å². The second-order valence-corrected chi connectivity index (χ2v) is 5.17. The van der Waals surface area contributed by atoms with Crippen molar-refractivity contribution in [3.05, 3.63) is 53.1 Å². The number of rotatable bonds is 3. The number of carbonyl (C=O) groups is 1. The largest absolute Gasteiger partial charge is 0.497 e. The molecule has 1 amide bonds. The molecule has 0 radical (unpaired) electrons. The van der Waals surface area contributed by atoms with Crippen molar-refractivity contribution in [3.8, 4) is 11.5 Å². The van der Waals surface area contributed by atoms with Crippen LogP contribution in [0.3, 0.4) is 0 Å². The molecule has 1 heterocycles. The minimum Gasteiger partial charge on any atom is -0.497 e. The Morgan fingerprint density at radius 3 is 2.59 bits per heavy atom. The molecule has 0 aliphatic carbocycles. The molecule has 2 aromatic rings. The zero-order chi connectivity index (χ0) is 15.7. The third kappa shape index (κ3) is 2.44. The summed E-state index contributed by atoms with van der Waals surface area (Å²) in [4.78, 5) is 12.2. The Morgan fingerprint density at radius 2 is 1.86 bits per heavy atom. The number of fused-ring (bicyclic) bond motifs is 1. The van der Waals surface area contributed by atoms with Gasteiger partial charge in [0.15, 0.2) is 0 Å². The highest BCUT2D eigenvalue weighted by Gasteiger charge is 2.24. The van der Waals surface area contributed by atoms with Crippen LogP contribution in [-0.4, -0.2) is 20.1 Å². The summed E-state index contributed by atoms with van der Waals surface area (Å²) in [5, 5.41) is 2.88. The second-order valence-electron chi connectivity index (χ2n) is 5.17. The monoisotopic (exact) mass is 295 g/mol. The molecule has 0 bridgehead atoms. The lowest BCUT2D eigenvalue weighted by Gasteiger charge is -2.08. The Morgan fingerprint density at radius 1 is 1.05 bits per heavy atom. The van der Waals surface area contributed by atoms with E-state index in [1.54, 1.807) is 14.2 Å². The first kappa shape index (κ1) is 14.2. The highest BCUT2D eigenvalue weighted by atomic mass is 16.5. The summed E-state index contributed by atoms with van der Waals surface area (Å²) in [6.07, 6.45) is 1.84. The van der Waals surface area contributed by atoms with Crippen molar-refractivity contribution in [1.82, 2.24) is 0 Å². The quantitative estimate of drug-likeness (QED) is 0.882. The molecule has 0 fully saturated rings. The van der Waals surface area contributed by atoms with Crippen molar-refractivity contribution in [2.45, 2.75) is 6.92 Å². The molecule has 0 spiro atoms. The summed E-state index contributed by atoms with van der Waals surface area (Å²) in [6.45, 7) is 2.01. The van der Waals surface area contributed by atoms with Gasteiger partial charge in [-0.1, -0.05) is 11.6 Å². The molecule has 1 aliphatic heterocycles. The first-order chi connectivity index (χ1) is 10.6. The van der Waals surface area contributed by atoms with Gasteiger partial charge in [-0.05, 0) is 43.3 Å². The highest BCUT2D eigenvalue weighted by molar-refractivity contribution is 6.35. The van der Waals surface area contributed by atoms with Gasteiger partial charge in [-0.3, -0.25) is 4.79 Å². The van der Waals surface area contributed by atoms with E-state index in [9.17, 15) is 4.79 Å². The maximum atomic E-state index is 12.2. The Bertz CT molecular complexity index is 778. The lowest BCUT2D eigenvalue weighted by atomic mass is 10.0. The molecule has 112 valence electrons. The Kier molecular flexibility index (Phi) is 3.59. The third-order valence-corrected chi connectivity index (χ3v) is 3.69. The van der Waals surface area contributed by atoms with Crippen LogP contribution >= 0.6 is 0 Å². The summed E-state index contributed by atoms with van der Waals surface area (Å²) in [5.74, 6) is 1.31. The van der Waals surface area contributed by atoms with Gasteiger partial charge in [0.2, 0.25) is 0 Å². The number of methoxy groups -OCH3 is 2. The van der Waals surface area contributed by atoms with Crippen LogP contribution in [0.4, 0.5) is 5.69 Å². The molecule has 3 rings (SSSR count). The molecule has 22 heavy (non-hydrogen) atoms. The van der Waals surface area contributed by atoms with Crippen LogP contribution in [0.2, 0.25) is 0 Å². The van der Waals surface area contributed by atoms with E-state index in [1.165, 1.54) is 0 Å². The van der Waals surface area contributed by atoms with Crippen molar-refractivity contribution in [2.75, 3.05) is 19.5 Å². The first-order valence-electron chi connectivity index (χ1n) is 6.98. The van der Waals surface area contributed by atoms with Crippen LogP contribution in [-0.2, 0) is 4.79 Å². The minimum atomic E-state index is -0.106. The SMILES string of the molecule is COc1ccc(OC)c(/C=C2/C(=O)Nc3ccc(C)cc32)c1. The standard InChI is InChI=1S/C18H17NO3/c1-11-4-6-16-14(8-11)15(18(20)19-16)10-12-9-13(21-2)5-7-17(12)22-3/h4-10H,1-3H3,(H,19,20)/b15-10+. The maximum Gasteiger partial charge on any atom is 0.256 e. The number of carbonyl (C=O) groups excluding carboxylic acids is 1. The van der Waals surface area contributed by atoms with E-state index in [0.29, 0.717) is 11.3 Å². The molecular weight excluding hydrogens is 278 g/mol. The average molecular weight is 295 g/mol. The zero-order valence-electron chi connectivity index (χ0n) is 12.8. The predicted molar refractivity (Wildman–Crippen MR) is 87.2 cm³/mol. The van der Waals surface area contributed by atoms with E-state index in [-0.39, 0.29) is 5.91 Å². The summed E-state index contributed by atoms with van der Waals surface area (Å²) in [6, 6.07) is 11.4. The Hall–Kier alpha value is -2.75. The Balaban J connectivity index is 2.13. The molecule has 0 unspecified atom stereocenters. The molecule has 1 N–H and O–H groups in total. The number of anilines is 1. The summed E-state index contributed by atoms with van der Waals surface area (Å²) in [7, 11) is 3.22. The fraction of sp³-hybridized carbons (Fsp3) is 0.167. The molecule has 4 heteroatoms. The van der Waals surface area contributed by atoms with Gasteiger partial charge < -0.3 is 14.8 Å². The van der Waals surface area contributed by atoms with Crippen LogP contribution in [0.15, 0.2) is 36.4 Å². The molecule has 1 aliphatic rings. The smallest absolute Gasteiger partial charge is 0.256 e. The highest BCUT2D eigenvalue weighted by Crippen LogP contribution is 2.35. The van der Waals surface area contributed by atoms with Gasteiger partial charge in [0, 0.05) is 22.4 Å². The van der Waals surface area contributed by atoms with E-state index >= 15 is 0 Å². The first-order valence-corrected chi connectivity index (χ1v) is 6.98. The van der Waals surface area contributed by atoms with Gasteiger partial charge in [0.1, 0.15) is 11.5 Å². The Labute approximate surface area is 129 Å². The molecular formula is C18H17NO3. The van der Waals surface area contributed by atoms with Gasteiger partial charge >= 0.3 is 0 Å². The van der Waals surface area contributed by atoms with E-state index in [1.807, 2.05) is 49.4 Å². The number of aryl methyl sites for hydroxylation is 1. The number of ether oxygens (including phenoxy) is 2. The molecule has 4 nitrogen and oxygen atoms in total. The second kappa shape index (κ2) is 5.56.